The number of hydrogen-bond acceptors (Lipinski definition) is 2. The highest BCUT2D eigenvalue weighted by molar-refractivity contribution is 5.32. The summed E-state index contributed by atoms with van der Waals surface area (Å²) in [6.45, 7) is 13.8. The van der Waals surface area contributed by atoms with Crippen LogP contribution in [0.15, 0.2) is 18.2 Å². The van der Waals surface area contributed by atoms with E-state index >= 15 is 0 Å². The third-order valence-electron chi connectivity index (χ3n) is 4.01. The van der Waals surface area contributed by atoms with Crippen LogP contribution in [0.1, 0.15) is 50.3 Å². The standard InChI is InChI=1S/C17H30N2/c1-12(2)15-7-6-14(5)16(8-15)10-19-11-17(9-18)13(3)4/h6-8,12-13,17,19H,9-11,18H2,1-5H3. The number of benzene rings is 1. The monoisotopic (exact) mass is 262 g/mol. The molecule has 2 nitrogen and oxygen atoms in total. The van der Waals surface area contributed by atoms with Gasteiger partial charge in [-0.15, -0.1) is 0 Å². The van der Waals surface area contributed by atoms with Crippen LogP contribution in [-0.2, 0) is 6.54 Å². The van der Waals surface area contributed by atoms with E-state index in [-0.39, 0.29) is 0 Å². The molecule has 108 valence electrons. The maximum atomic E-state index is 5.81. The van der Waals surface area contributed by atoms with E-state index < -0.39 is 0 Å². The molecule has 0 heterocycles. The lowest BCUT2D eigenvalue weighted by atomic mass is 9.95. The van der Waals surface area contributed by atoms with E-state index in [4.69, 9.17) is 5.73 Å². The van der Waals surface area contributed by atoms with Crippen LogP contribution in [0.5, 0.6) is 0 Å². The molecule has 0 amide bonds. The zero-order valence-corrected chi connectivity index (χ0v) is 13.2. The molecule has 1 aromatic carbocycles. The maximum absolute atomic E-state index is 5.81. The molecular weight excluding hydrogens is 232 g/mol. The van der Waals surface area contributed by atoms with Crippen molar-refractivity contribution in [2.24, 2.45) is 17.6 Å². The molecule has 0 aliphatic carbocycles. The Bertz CT molecular complexity index is 383. The lowest BCUT2D eigenvalue weighted by Crippen LogP contribution is -2.31. The second kappa shape index (κ2) is 7.66. The summed E-state index contributed by atoms with van der Waals surface area (Å²) in [6.07, 6.45) is 0. The largest absolute Gasteiger partial charge is 0.330 e. The molecule has 0 aliphatic heterocycles. The Kier molecular flexibility index (Phi) is 6.53. The van der Waals surface area contributed by atoms with E-state index in [1.165, 1.54) is 16.7 Å². The van der Waals surface area contributed by atoms with Gasteiger partial charge in [0, 0.05) is 6.54 Å². The molecule has 0 saturated heterocycles. The Morgan fingerprint density at radius 3 is 2.37 bits per heavy atom. The Labute approximate surface area is 118 Å². The number of aryl methyl sites for hydroxylation is 1. The summed E-state index contributed by atoms with van der Waals surface area (Å²) in [5.41, 5.74) is 10.00. The van der Waals surface area contributed by atoms with Crippen LogP contribution >= 0.6 is 0 Å². The van der Waals surface area contributed by atoms with Crippen LogP contribution in [-0.4, -0.2) is 13.1 Å². The first-order valence-electron chi connectivity index (χ1n) is 7.45. The maximum Gasteiger partial charge on any atom is 0.0208 e. The van der Waals surface area contributed by atoms with Gasteiger partial charge in [0.1, 0.15) is 0 Å². The van der Waals surface area contributed by atoms with Gasteiger partial charge in [0.15, 0.2) is 0 Å². The van der Waals surface area contributed by atoms with Crippen molar-refractivity contribution in [2.45, 2.75) is 47.1 Å². The predicted molar refractivity (Wildman–Crippen MR) is 84.4 cm³/mol. The lowest BCUT2D eigenvalue weighted by Gasteiger charge is -2.20. The van der Waals surface area contributed by atoms with Crippen molar-refractivity contribution < 1.29 is 0 Å². The molecule has 0 radical (unpaired) electrons. The van der Waals surface area contributed by atoms with Gasteiger partial charge in [0.2, 0.25) is 0 Å². The van der Waals surface area contributed by atoms with Gasteiger partial charge in [-0.3, -0.25) is 0 Å². The normalized spacial score (nSPS) is 13.3. The number of hydrogen-bond donors (Lipinski definition) is 2. The third kappa shape index (κ3) is 4.96. The van der Waals surface area contributed by atoms with Crippen molar-refractivity contribution in [3.63, 3.8) is 0 Å². The molecule has 1 unspecified atom stereocenters. The summed E-state index contributed by atoms with van der Waals surface area (Å²) < 4.78 is 0. The highest BCUT2D eigenvalue weighted by Crippen LogP contribution is 2.18. The number of nitrogens with two attached hydrogens (primary N) is 1. The van der Waals surface area contributed by atoms with Crippen molar-refractivity contribution in [1.29, 1.82) is 0 Å². The second-order valence-corrected chi connectivity index (χ2v) is 6.21. The smallest absolute Gasteiger partial charge is 0.0208 e. The van der Waals surface area contributed by atoms with Crippen LogP contribution in [0.3, 0.4) is 0 Å². The minimum absolute atomic E-state index is 0.564. The molecule has 1 atom stereocenters. The summed E-state index contributed by atoms with van der Waals surface area (Å²) in [5.74, 6) is 1.79. The average Bonchev–Trinajstić information content (AvgIpc) is 2.35. The first-order chi connectivity index (χ1) is 8.95. The van der Waals surface area contributed by atoms with E-state index in [2.05, 4.69) is 58.1 Å². The number of rotatable bonds is 7. The van der Waals surface area contributed by atoms with E-state index in [1.54, 1.807) is 0 Å². The fourth-order valence-electron chi connectivity index (χ4n) is 2.22. The Balaban J connectivity index is 2.59. The molecule has 2 heteroatoms. The zero-order valence-electron chi connectivity index (χ0n) is 13.2. The van der Waals surface area contributed by atoms with Gasteiger partial charge in [-0.2, -0.15) is 0 Å². The first kappa shape index (κ1) is 16.2. The zero-order chi connectivity index (χ0) is 14.4. The van der Waals surface area contributed by atoms with Gasteiger partial charge < -0.3 is 11.1 Å². The van der Waals surface area contributed by atoms with E-state index in [0.29, 0.717) is 17.8 Å². The molecule has 3 N–H and O–H groups in total. The fraction of sp³-hybridized carbons (Fsp3) is 0.647. The molecule has 0 aromatic heterocycles. The van der Waals surface area contributed by atoms with Gasteiger partial charge in [-0.05, 0) is 54.5 Å². The molecule has 0 bridgehead atoms. The SMILES string of the molecule is Cc1ccc(C(C)C)cc1CNCC(CN)C(C)C. The van der Waals surface area contributed by atoms with Crippen LogP contribution < -0.4 is 11.1 Å². The van der Waals surface area contributed by atoms with Crippen LogP contribution in [0.4, 0.5) is 0 Å². The van der Waals surface area contributed by atoms with E-state index in [0.717, 1.165) is 19.6 Å². The van der Waals surface area contributed by atoms with Gasteiger partial charge in [0.25, 0.3) is 0 Å². The molecule has 19 heavy (non-hydrogen) atoms. The Hall–Kier alpha value is -0.860. The van der Waals surface area contributed by atoms with Crippen molar-refractivity contribution in [1.82, 2.24) is 5.32 Å². The Morgan fingerprint density at radius 1 is 1.16 bits per heavy atom. The lowest BCUT2D eigenvalue weighted by molar-refractivity contribution is 0.370. The van der Waals surface area contributed by atoms with Crippen LogP contribution in [0.2, 0.25) is 0 Å². The first-order valence-corrected chi connectivity index (χ1v) is 7.45. The summed E-state index contributed by atoms with van der Waals surface area (Å²) in [4.78, 5) is 0. The topological polar surface area (TPSA) is 38.0 Å². The average molecular weight is 262 g/mol. The fourth-order valence-corrected chi connectivity index (χ4v) is 2.22. The molecule has 0 aliphatic rings. The van der Waals surface area contributed by atoms with Crippen LogP contribution in [0, 0.1) is 18.8 Å². The summed E-state index contributed by atoms with van der Waals surface area (Å²) in [5, 5.41) is 3.56. The molecule has 1 aromatic rings. The summed E-state index contributed by atoms with van der Waals surface area (Å²) in [6, 6.07) is 6.80. The number of nitrogens with one attached hydrogen (secondary N) is 1. The molecule has 0 saturated carbocycles. The van der Waals surface area contributed by atoms with E-state index in [1.807, 2.05) is 0 Å². The quantitative estimate of drug-likeness (QED) is 0.790. The van der Waals surface area contributed by atoms with Gasteiger partial charge in [-0.1, -0.05) is 45.9 Å². The van der Waals surface area contributed by atoms with Crippen LogP contribution in [0.25, 0.3) is 0 Å². The minimum atomic E-state index is 0.564. The Morgan fingerprint density at radius 2 is 1.84 bits per heavy atom. The molecular formula is C17H30N2. The van der Waals surface area contributed by atoms with Crippen molar-refractivity contribution >= 4 is 0 Å². The summed E-state index contributed by atoms with van der Waals surface area (Å²) >= 11 is 0. The minimum Gasteiger partial charge on any atom is -0.330 e. The molecule has 0 fully saturated rings. The third-order valence-corrected chi connectivity index (χ3v) is 4.01. The van der Waals surface area contributed by atoms with Crippen molar-refractivity contribution in [3.8, 4) is 0 Å². The van der Waals surface area contributed by atoms with Gasteiger partial charge in [0.05, 0.1) is 0 Å². The summed E-state index contributed by atoms with van der Waals surface area (Å²) in [7, 11) is 0. The van der Waals surface area contributed by atoms with Crippen molar-refractivity contribution in [3.05, 3.63) is 34.9 Å². The van der Waals surface area contributed by atoms with E-state index in [9.17, 15) is 0 Å². The van der Waals surface area contributed by atoms with Gasteiger partial charge in [-0.25, -0.2) is 0 Å². The highest BCUT2D eigenvalue weighted by atomic mass is 14.9. The second-order valence-electron chi connectivity index (χ2n) is 6.21. The molecule has 1 rings (SSSR count). The van der Waals surface area contributed by atoms with Crippen molar-refractivity contribution in [2.75, 3.05) is 13.1 Å². The predicted octanol–water partition coefficient (Wildman–Crippen LogP) is 3.44. The molecule has 0 spiro atoms. The van der Waals surface area contributed by atoms with Gasteiger partial charge >= 0.3 is 0 Å². The highest BCUT2D eigenvalue weighted by Gasteiger charge is 2.11.